The van der Waals surface area contributed by atoms with Crippen molar-refractivity contribution in [3.63, 3.8) is 0 Å². The fourth-order valence-electron chi connectivity index (χ4n) is 3.16. The van der Waals surface area contributed by atoms with Gasteiger partial charge in [-0.25, -0.2) is 4.79 Å². The Bertz CT molecular complexity index is 1070. The Morgan fingerprint density at radius 2 is 2.00 bits per heavy atom. The van der Waals surface area contributed by atoms with Crippen LogP contribution >= 0.6 is 12.4 Å². The number of aryl methyl sites for hydroxylation is 1. The molecule has 0 aliphatic carbocycles. The van der Waals surface area contributed by atoms with Crippen LogP contribution in [0.5, 0.6) is 5.75 Å². The molecule has 0 saturated carbocycles. The molecule has 0 aliphatic rings. The zero-order valence-electron chi connectivity index (χ0n) is 15.3. The highest BCUT2D eigenvalue weighted by Gasteiger charge is 2.20. The first-order chi connectivity index (χ1) is 12.3. The first-order valence-corrected chi connectivity index (χ1v) is 8.33. The van der Waals surface area contributed by atoms with Crippen LogP contribution in [0.3, 0.4) is 0 Å². The zero-order valence-corrected chi connectivity index (χ0v) is 16.1. The minimum Gasteiger partial charge on any atom is -0.506 e. The van der Waals surface area contributed by atoms with Crippen molar-refractivity contribution in [3.8, 4) is 17.0 Å². The fourth-order valence-corrected chi connectivity index (χ4v) is 3.16. The van der Waals surface area contributed by atoms with Crippen LogP contribution in [-0.2, 0) is 13.6 Å². The molecule has 0 aliphatic heterocycles. The van der Waals surface area contributed by atoms with Gasteiger partial charge in [0.05, 0.1) is 5.69 Å². The fraction of sp³-hybridized carbons (Fsp3) is 0.263. The van der Waals surface area contributed by atoms with Gasteiger partial charge in [-0.3, -0.25) is 4.79 Å². The summed E-state index contributed by atoms with van der Waals surface area (Å²) < 4.78 is 2.10. The van der Waals surface area contributed by atoms with Gasteiger partial charge in [-0.1, -0.05) is 13.0 Å². The van der Waals surface area contributed by atoms with E-state index in [1.165, 1.54) is 0 Å². The summed E-state index contributed by atoms with van der Waals surface area (Å²) in [5, 5.41) is 23.5. The molecule has 0 radical (unpaired) electrons. The number of aromatic amines is 1. The number of aromatic hydroxyl groups is 1. The quantitative estimate of drug-likeness (QED) is 0.535. The van der Waals surface area contributed by atoms with Crippen LogP contribution in [0.15, 0.2) is 29.1 Å². The van der Waals surface area contributed by atoms with E-state index in [0.29, 0.717) is 16.8 Å². The standard InChI is InChI=1S/C19H21N3O4.ClH/c1-4-20-9-13-8-12-7-11(5-6-14(12)22(13)3)16-10(2)17(23)15(19(25)26)18(24)21-16;/h5-8,20H,4,9H2,1-3H3,(H,25,26)(H2,21,23,24);1H. The average Bonchev–Trinajstić information content (AvgIpc) is 2.91. The van der Waals surface area contributed by atoms with Gasteiger partial charge < -0.3 is 25.1 Å². The smallest absolute Gasteiger partial charge is 0.345 e. The molecule has 27 heavy (non-hydrogen) atoms. The third kappa shape index (κ3) is 3.56. The van der Waals surface area contributed by atoms with Crippen LogP contribution in [0.25, 0.3) is 22.2 Å². The van der Waals surface area contributed by atoms with E-state index in [2.05, 4.69) is 20.9 Å². The van der Waals surface area contributed by atoms with Gasteiger partial charge in [-0.15, -0.1) is 12.4 Å². The highest BCUT2D eigenvalue weighted by Crippen LogP contribution is 2.31. The van der Waals surface area contributed by atoms with Crippen molar-refractivity contribution in [2.24, 2.45) is 7.05 Å². The molecule has 0 spiro atoms. The monoisotopic (exact) mass is 391 g/mol. The molecule has 3 rings (SSSR count). The third-order valence-electron chi connectivity index (χ3n) is 4.63. The molecule has 0 bridgehead atoms. The highest BCUT2D eigenvalue weighted by atomic mass is 35.5. The Kier molecular flexibility index (Phi) is 5.98. The van der Waals surface area contributed by atoms with E-state index in [1.807, 2.05) is 32.2 Å². The van der Waals surface area contributed by atoms with Gasteiger partial charge in [0.25, 0.3) is 5.56 Å². The summed E-state index contributed by atoms with van der Waals surface area (Å²) >= 11 is 0. The predicted molar refractivity (Wildman–Crippen MR) is 107 cm³/mol. The number of benzene rings is 1. The van der Waals surface area contributed by atoms with Gasteiger partial charge in [-0.05, 0) is 37.2 Å². The number of H-pyrrole nitrogens is 1. The SMILES string of the molecule is CCNCc1cc2cc(-c3[nH]c(=O)c(C(=O)O)c(O)c3C)ccc2n1C.Cl. The van der Waals surface area contributed by atoms with Gasteiger partial charge >= 0.3 is 5.97 Å². The maximum absolute atomic E-state index is 12.1. The maximum atomic E-state index is 12.1. The minimum atomic E-state index is -1.45. The molecule has 144 valence electrons. The summed E-state index contributed by atoms with van der Waals surface area (Å²) in [5.41, 5.74) is 2.17. The number of aromatic nitrogens is 2. The Labute approximate surface area is 162 Å². The molecule has 1 aromatic carbocycles. The molecule has 2 aromatic heterocycles. The Hall–Kier alpha value is -2.77. The molecule has 4 N–H and O–H groups in total. The number of fused-ring (bicyclic) bond motifs is 1. The molecular formula is C19H22ClN3O4. The average molecular weight is 392 g/mol. The van der Waals surface area contributed by atoms with Crippen LogP contribution in [0.1, 0.15) is 28.5 Å². The molecule has 0 atom stereocenters. The van der Waals surface area contributed by atoms with E-state index in [0.717, 1.165) is 29.7 Å². The lowest BCUT2D eigenvalue weighted by atomic mass is 10.0. The second kappa shape index (κ2) is 7.85. The molecule has 0 saturated heterocycles. The van der Waals surface area contributed by atoms with Crippen LogP contribution < -0.4 is 10.9 Å². The number of nitrogens with one attached hydrogen (secondary N) is 2. The number of hydrogen-bond acceptors (Lipinski definition) is 4. The molecule has 7 nitrogen and oxygen atoms in total. The number of halogens is 1. The van der Waals surface area contributed by atoms with Crippen molar-refractivity contribution in [2.45, 2.75) is 20.4 Å². The van der Waals surface area contributed by atoms with Crippen molar-refractivity contribution >= 4 is 29.3 Å². The highest BCUT2D eigenvalue weighted by molar-refractivity contribution is 5.92. The molecule has 3 aromatic rings. The largest absolute Gasteiger partial charge is 0.506 e. The van der Waals surface area contributed by atoms with Crippen LogP contribution in [0, 0.1) is 6.92 Å². The third-order valence-corrected chi connectivity index (χ3v) is 4.63. The number of pyridine rings is 1. The number of nitrogens with zero attached hydrogens (tertiary/aromatic N) is 1. The molecule has 0 amide bonds. The molecule has 2 heterocycles. The first-order valence-electron chi connectivity index (χ1n) is 8.33. The predicted octanol–water partition coefficient (Wildman–Crippen LogP) is 2.78. The van der Waals surface area contributed by atoms with E-state index >= 15 is 0 Å². The van der Waals surface area contributed by atoms with E-state index in [1.54, 1.807) is 6.92 Å². The lowest BCUT2D eigenvalue weighted by Gasteiger charge is -2.10. The summed E-state index contributed by atoms with van der Waals surface area (Å²) in [7, 11) is 2.00. The van der Waals surface area contributed by atoms with Crippen molar-refractivity contribution in [3.05, 3.63) is 51.4 Å². The van der Waals surface area contributed by atoms with Gasteiger partial charge in [0.15, 0.2) is 5.56 Å². The minimum absolute atomic E-state index is 0. The van der Waals surface area contributed by atoms with Gasteiger partial charge in [-0.2, -0.15) is 0 Å². The summed E-state index contributed by atoms with van der Waals surface area (Å²) in [6, 6.07) is 7.78. The summed E-state index contributed by atoms with van der Waals surface area (Å²) in [5.74, 6) is -1.96. The topological polar surface area (TPSA) is 107 Å². The van der Waals surface area contributed by atoms with E-state index in [-0.39, 0.29) is 12.4 Å². The lowest BCUT2D eigenvalue weighted by Crippen LogP contribution is -2.19. The number of carboxylic acids is 1. The lowest BCUT2D eigenvalue weighted by molar-refractivity contribution is 0.0691. The van der Waals surface area contributed by atoms with Crippen molar-refractivity contribution in [1.29, 1.82) is 0 Å². The summed E-state index contributed by atoms with van der Waals surface area (Å²) in [6.07, 6.45) is 0. The van der Waals surface area contributed by atoms with E-state index < -0.39 is 22.8 Å². The maximum Gasteiger partial charge on any atom is 0.345 e. The van der Waals surface area contributed by atoms with E-state index in [4.69, 9.17) is 5.11 Å². The second-order valence-electron chi connectivity index (χ2n) is 6.23. The summed E-state index contributed by atoms with van der Waals surface area (Å²) in [4.78, 5) is 25.8. The van der Waals surface area contributed by atoms with Gasteiger partial charge in [0, 0.05) is 35.8 Å². The number of hydrogen-bond donors (Lipinski definition) is 4. The number of aromatic carboxylic acids is 1. The second-order valence-corrected chi connectivity index (χ2v) is 6.23. The normalized spacial score (nSPS) is 10.8. The first kappa shape index (κ1) is 20.5. The number of carboxylic acid groups (broad SMARTS) is 1. The van der Waals surface area contributed by atoms with Crippen molar-refractivity contribution in [1.82, 2.24) is 14.9 Å². The summed E-state index contributed by atoms with van der Waals surface area (Å²) in [6.45, 7) is 5.26. The van der Waals surface area contributed by atoms with Crippen LogP contribution in [-0.4, -0.2) is 32.3 Å². The Morgan fingerprint density at radius 3 is 2.63 bits per heavy atom. The molecule has 0 fully saturated rings. The Balaban J connectivity index is 0.00000261. The van der Waals surface area contributed by atoms with E-state index in [9.17, 15) is 14.7 Å². The molecule has 0 unspecified atom stereocenters. The van der Waals surface area contributed by atoms with Crippen molar-refractivity contribution in [2.75, 3.05) is 6.54 Å². The number of rotatable bonds is 5. The molecule has 8 heteroatoms. The number of carbonyl (C=O) groups is 1. The van der Waals surface area contributed by atoms with Gasteiger partial charge in [0.2, 0.25) is 0 Å². The van der Waals surface area contributed by atoms with Gasteiger partial charge in [0.1, 0.15) is 5.75 Å². The zero-order chi connectivity index (χ0) is 19.0. The molecular weight excluding hydrogens is 370 g/mol. The van der Waals surface area contributed by atoms with Crippen LogP contribution in [0.4, 0.5) is 0 Å². The van der Waals surface area contributed by atoms with Crippen LogP contribution in [0.2, 0.25) is 0 Å². The van der Waals surface area contributed by atoms with Crippen molar-refractivity contribution < 1.29 is 15.0 Å². The Morgan fingerprint density at radius 1 is 1.30 bits per heavy atom.